The second kappa shape index (κ2) is 7.01. The second-order valence-electron chi connectivity index (χ2n) is 3.99. The molecule has 6 heteroatoms. The molecule has 0 fully saturated rings. The van der Waals surface area contributed by atoms with Crippen molar-refractivity contribution in [3.63, 3.8) is 0 Å². The summed E-state index contributed by atoms with van der Waals surface area (Å²) >= 11 is 0. The summed E-state index contributed by atoms with van der Waals surface area (Å²) in [4.78, 5) is 22.3. The van der Waals surface area contributed by atoms with E-state index in [-0.39, 0.29) is 13.0 Å². The first-order valence-electron chi connectivity index (χ1n) is 5.67. The molecule has 2 N–H and O–H groups in total. The molecule has 0 saturated carbocycles. The van der Waals surface area contributed by atoms with Crippen LogP contribution in [0, 0.1) is 25.2 Å². The standard InChI is InChI=1S/C13H15N3O3/c1-9-3-4-11(10(2)7-9)19-8-13(18)16-15-12(17)5-6-14/h3-4,7H,5,8H2,1-2H3,(H,15,17)(H,16,18). The van der Waals surface area contributed by atoms with Crippen molar-refractivity contribution in [1.29, 1.82) is 5.26 Å². The molecule has 1 aromatic rings. The van der Waals surface area contributed by atoms with Crippen LogP contribution in [-0.4, -0.2) is 18.4 Å². The molecule has 0 aliphatic carbocycles. The van der Waals surface area contributed by atoms with Gasteiger partial charge >= 0.3 is 0 Å². The van der Waals surface area contributed by atoms with Gasteiger partial charge in [0.05, 0.1) is 6.07 Å². The van der Waals surface area contributed by atoms with Crippen LogP contribution >= 0.6 is 0 Å². The predicted molar refractivity (Wildman–Crippen MR) is 67.9 cm³/mol. The molecule has 0 aliphatic heterocycles. The highest BCUT2D eigenvalue weighted by molar-refractivity contribution is 5.83. The maximum Gasteiger partial charge on any atom is 0.276 e. The van der Waals surface area contributed by atoms with Gasteiger partial charge in [-0.2, -0.15) is 5.26 Å². The van der Waals surface area contributed by atoms with E-state index in [4.69, 9.17) is 10.00 Å². The number of hydrazine groups is 1. The number of benzene rings is 1. The first-order chi connectivity index (χ1) is 9.02. The Morgan fingerprint density at radius 3 is 2.58 bits per heavy atom. The van der Waals surface area contributed by atoms with Crippen molar-refractivity contribution in [2.75, 3.05) is 6.61 Å². The number of ether oxygens (including phenoxy) is 1. The average Bonchev–Trinajstić information content (AvgIpc) is 2.35. The largest absolute Gasteiger partial charge is 0.483 e. The number of nitrogens with zero attached hydrogens (tertiary/aromatic N) is 1. The molecule has 0 saturated heterocycles. The monoisotopic (exact) mass is 261 g/mol. The summed E-state index contributed by atoms with van der Waals surface area (Å²) in [6.45, 7) is 3.64. The fourth-order valence-corrected chi connectivity index (χ4v) is 1.40. The predicted octanol–water partition coefficient (Wildman–Crippen LogP) is 0.743. The molecule has 0 aliphatic rings. The minimum Gasteiger partial charge on any atom is -0.483 e. The zero-order valence-corrected chi connectivity index (χ0v) is 10.8. The van der Waals surface area contributed by atoms with Crippen LogP contribution in [0.25, 0.3) is 0 Å². The van der Waals surface area contributed by atoms with Crippen molar-refractivity contribution in [3.05, 3.63) is 29.3 Å². The maximum absolute atomic E-state index is 11.4. The van der Waals surface area contributed by atoms with Crippen LogP contribution in [0.1, 0.15) is 17.5 Å². The fraction of sp³-hybridized carbons (Fsp3) is 0.308. The molecule has 6 nitrogen and oxygen atoms in total. The minimum absolute atomic E-state index is 0.212. The van der Waals surface area contributed by atoms with Crippen molar-refractivity contribution in [2.45, 2.75) is 20.3 Å². The van der Waals surface area contributed by atoms with Crippen LogP contribution in [0.2, 0.25) is 0 Å². The second-order valence-corrected chi connectivity index (χ2v) is 3.99. The van der Waals surface area contributed by atoms with Crippen LogP contribution in [-0.2, 0) is 9.59 Å². The van der Waals surface area contributed by atoms with Gasteiger partial charge in [0, 0.05) is 0 Å². The number of rotatable bonds is 4. The Morgan fingerprint density at radius 1 is 1.26 bits per heavy atom. The SMILES string of the molecule is Cc1ccc(OCC(=O)NNC(=O)CC#N)c(C)c1. The van der Waals surface area contributed by atoms with E-state index >= 15 is 0 Å². The molecular weight excluding hydrogens is 246 g/mol. The lowest BCUT2D eigenvalue weighted by Gasteiger charge is -2.10. The van der Waals surface area contributed by atoms with Gasteiger partial charge in [-0.3, -0.25) is 20.4 Å². The van der Waals surface area contributed by atoms with Crippen molar-refractivity contribution in [3.8, 4) is 11.8 Å². The topological polar surface area (TPSA) is 91.2 Å². The molecule has 0 unspecified atom stereocenters. The Bertz CT molecular complexity index is 520. The van der Waals surface area contributed by atoms with E-state index in [0.717, 1.165) is 11.1 Å². The summed E-state index contributed by atoms with van der Waals surface area (Å²) in [5.41, 5.74) is 6.30. The maximum atomic E-state index is 11.4. The smallest absolute Gasteiger partial charge is 0.276 e. The molecule has 0 aromatic heterocycles. The molecule has 19 heavy (non-hydrogen) atoms. The highest BCUT2D eigenvalue weighted by Gasteiger charge is 2.06. The van der Waals surface area contributed by atoms with Gasteiger partial charge in [0.25, 0.3) is 11.8 Å². The number of amides is 2. The van der Waals surface area contributed by atoms with Gasteiger partial charge in [0.15, 0.2) is 6.61 Å². The van der Waals surface area contributed by atoms with Gasteiger partial charge in [-0.05, 0) is 25.5 Å². The normalized spacial score (nSPS) is 9.32. The summed E-state index contributed by atoms with van der Waals surface area (Å²) in [6, 6.07) is 7.28. The van der Waals surface area contributed by atoms with Gasteiger partial charge in [0.1, 0.15) is 12.2 Å². The summed E-state index contributed by atoms with van der Waals surface area (Å²) in [5, 5.41) is 8.26. The Kier molecular flexibility index (Phi) is 5.35. The number of hydrogen-bond acceptors (Lipinski definition) is 4. The summed E-state index contributed by atoms with van der Waals surface area (Å²) in [6.07, 6.45) is -0.307. The summed E-state index contributed by atoms with van der Waals surface area (Å²) in [7, 11) is 0. The highest BCUT2D eigenvalue weighted by atomic mass is 16.5. The third-order valence-electron chi connectivity index (χ3n) is 2.27. The minimum atomic E-state index is -0.567. The molecule has 0 atom stereocenters. The molecule has 0 spiro atoms. The third-order valence-corrected chi connectivity index (χ3v) is 2.27. The van der Waals surface area contributed by atoms with Crippen LogP contribution < -0.4 is 15.6 Å². The van der Waals surface area contributed by atoms with Gasteiger partial charge in [-0.1, -0.05) is 17.7 Å². The lowest BCUT2D eigenvalue weighted by Crippen LogP contribution is -2.43. The quantitative estimate of drug-likeness (QED) is 0.782. The Labute approximate surface area is 111 Å². The summed E-state index contributed by atoms with van der Waals surface area (Å²) < 4.78 is 5.32. The van der Waals surface area contributed by atoms with E-state index in [1.54, 1.807) is 12.1 Å². The third kappa shape index (κ3) is 5.08. The van der Waals surface area contributed by atoms with Crippen molar-refractivity contribution < 1.29 is 14.3 Å². The first kappa shape index (κ1) is 14.5. The number of hydrogen-bond donors (Lipinski definition) is 2. The van der Waals surface area contributed by atoms with Gasteiger partial charge < -0.3 is 4.74 Å². The van der Waals surface area contributed by atoms with E-state index in [0.29, 0.717) is 5.75 Å². The molecule has 1 aromatic carbocycles. The van der Waals surface area contributed by atoms with Crippen LogP contribution in [0.4, 0.5) is 0 Å². The summed E-state index contributed by atoms with van der Waals surface area (Å²) in [5.74, 6) is -0.447. The number of nitriles is 1. The lowest BCUT2D eigenvalue weighted by molar-refractivity contribution is -0.129. The van der Waals surface area contributed by atoms with Crippen molar-refractivity contribution in [1.82, 2.24) is 10.9 Å². The van der Waals surface area contributed by atoms with Crippen LogP contribution in [0.5, 0.6) is 5.75 Å². The van der Waals surface area contributed by atoms with E-state index in [1.807, 2.05) is 26.0 Å². The van der Waals surface area contributed by atoms with Crippen molar-refractivity contribution in [2.24, 2.45) is 0 Å². The first-order valence-corrected chi connectivity index (χ1v) is 5.67. The molecule has 2 amide bonds. The average molecular weight is 261 g/mol. The van der Waals surface area contributed by atoms with E-state index in [2.05, 4.69) is 10.9 Å². The van der Waals surface area contributed by atoms with Gasteiger partial charge in [-0.25, -0.2) is 0 Å². The molecular formula is C13H15N3O3. The number of carbonyl (C=O) groups is 2. The molecule has 1 rings (SSSR count). The van der Waals surface area contributed by atoms with E-state index < -0.39 is 11.8 Å². The van der Waals surface area contributed by atoms with Gasteiger partial charge in [-0.15, -0.1) is 0 Å². The van der Waals surface area contributed by atoms with Gasteiger partial charge in [0.2, 0.25) is 0 Å². The molecule has 0 bridgehead atoms. The Hall–Kier alpha value is -2.55. The zero-order chi connectivity index (χ0) is 14.3. The number of nitrogens with one attached hydrogen (secondary N) is 2. The van der Waals surface area contributed by atoms with Crippen molar-refractivity contribution >= 4 is 11.8 Å². The Balaban J connectivity index is 2.38. The highest BCUT2D eigenvalue weighted by Crippen LogP contribution is 2.18. The van der Waals surface area contributed by atoms with Crippen LogP contribution in [0.15, 0.2) is 18.2 Å². The molecule has 100 valence electrons. The molecule has 0 heterocycles. The Morgan fingerprint density at radius 2 is 1.95 bits per heavy atom. The van der Waals surface area contributed by atoms with E-state index in [9.17, 15) is 9.59 Å². The van der Waals surface area contributed by atoms with Crippen LogP contribution in [0.3, 0.4) is 0 Å². The number of carbonyl (C=O) groups excluding carboxylic acids is 2. The molecule has 0 radical (unpaired) electrons. The van der Waals surface area contributed by atoms with E-state index in [1.165, 1.54) is 0 Å². The lowest BCUT2D eigenvalue weighted by atomic mass is 10.1. The zero-order valence-electron chi connectivity index (χ0n) is 10.8. The fourth-order valence-electron chi connectivity index (χ4n) is 1.40. The number of aryl methyl sites for hydroxylation is 2.